The van der Waals surface area contributed by atoms with Crippen LogP contribution in [0.1, 0.15) is 104 Å². The van der Waals surface area contributed by atoms with Crippen LogP contribution in [0.2, 0.25) is 0 Å². The highest BCUT2D eigenvalue weighted by Crippen LogP contribution is 2.67. The van der Waals surface area contributed by atoms with Crippen molar-refractivity contribution in [2.24, 2.45) is 16.7 Å². The molecule has 5 atom stereocenters. The molecule has 1 aliphatic heterocycles. The molecule has 210 valence electrons. The number of fused-ring (bicyclic) bond motifs is 2. The van der Waals surface area contributed by atoms with Crippen molar-refractivity contribution in [3.63, 3.8) is 0 Å². The highest BCUT2D eigenvalue weighted by Gasteiger charge is 2.67. The van der Waals surface area contributed by atoms with Crippen molar-refractivity contribution in [2.75, 3.05) is 12.9 Å². The van der Waals surface area contributed by atoms with Crippen LogP contribution < -0.4 is 0 Å². The lowest BCUT2D eigenvalue weighted by molar-refractivity contribution is -0.190. The predicted molar refractivity (Wildman–Crippen MR) is 142 cm³/mol. The Kier molecular flexibility index (Phi) is 8.13. The van der Waals surface area contributed by atoms with Crippen molar-refractivity contribution < 1.29 is 27.4 Å². The third-order valence-electron chi connectivity index (χ3n) is 10.7. The zero-order valence-electron chi connectivity index (χ0n) is 23.0. The summed E-state index contributed by atoms with van der Waals surface area (Å²) in [5.41, 5.74) is -0.791. The molecule has 8 heteroatoms. The zero-order chi connectivity index (χ0) is 26.3. The van der Waals surface area contributed by atoms with Gasteiger partial charge in [-0.05, 0) is 62.4 Å². The van der Waals surface area contributed by atoms with E-state index < -0.39 is 39.9 Å². The van der Waals surface area contributed by atoms with Crippen molar-refractivity contribution in [1.29, 1.82) is 0 Å². The van der Waals surface area contributed by atoms with Crippen molar-refractivity contribution in [3.8, 4) is 0 Å². The summed E-state index contributed by atoms with van der Waals surface area (Å²) < 4.78 is 48.2. The van der Waals surface area contributed by atoms with E-state index in [1.54, 1.807) is 13.2 Å². The van der Waals surface area contributed by atoms with Crippen LogP contribution in [0.15, 0.2) is 12.2 Å². The average molecular weight is 538 g/mol. The van der Waals surface area contributed by atoms with Gasteiger partial charge in [0.25, 0.3) is 0 Å². The van der Waals surface area contributed by atoms with Crippen LogP contribution >= 0.6 is 0 Å². The fourth-order valence-corrected chi connectivity index (χ4v) is 11.2. The van der Waals surface area contributed by atoms with Crippen LogP contribution in [0.4, 0.5) is 0 Å². The average Bonchev–Trinajstić information content (AvgIpc) is 3.24. The molecule has 5 aliphatic rings. The predicted octanol–water partition coefficient (Wildman–Crippen LogP) is 5.34. The molecule has 5 unspecified atom stereocenters. The van der Waals surface area contributed by atoms with Gasteiger partial charge in [-0.15, -0.1) is 0 Å². The fraction of sp³-hybridized carbons (Fsp3) is 0.897. The topological polar surface area (TPSA) is 82.1 Å². The molecule has 37 heavy (non-hydrogen) atoms. The minimum atomic E-state index is -3.55. The molecule has 0 spiro atoms. The molecule has 0 aromatic heterocycles. The second kappa shape index (κ2) is 10.9. The highest BCUT2D eigenvalue weighted by atomic mass is 32.2. The van der Waals surface area contributed by atoms with E-state index in [4.69, 9.17) is 14.2 Å². The third kappa shape index (κ3) is 5.17. The molecule has 4 saturated carbocycles. The van der Waals surface area contributed by atoms with E-state index in [-0.39, 0.29) is 23.3 Å². The summed E-state index contributed by atoms with van der Waals surface area (Å²) in [7, 11) is -1.99. The molecule has 0 aromatic rings. The Morgan fingerprint density at radius 3 is 2.19 bits per heavy atom. The Balaban J connectivity index is 1.40. The van der Waals surface area contributed by atoms with Gasteiger partial charge in [0.1, 0.15) is 6.10 Å². The summed E-state index contributed by atoms with van der Waals surface area (Å²) in [6, 6.07) is 0.237. The Morgan fingerprint density at radius 1 is 1.00 bits per heavy atom. The Hall–Kier alpha value is -0.960. The lowest BCUT2D eigenvalue weighted by Crippen LogP contribution is -2.55. The number of carbonyl (C=O) groups excluding carboxylic acids is 1. The molecule has 0 saturated heterocycles. The molecule has 4 aliphatic carbocycles. The lowest BCUT2D eigenvalue weighted by Gasteiger charge is -2.46. The number of hydrogen-bond donors (Lipinski definition) is 0. The molecule has 4 fully saturated rings. The first-order valence-corrected chi connectivity index (χ1v) is 16.4. The number of methoxy groups -OCH3 is 1. The van der Waals surface area contributed by atoms with Crippen molar-refractivity contribution in [3.05, 3.63) is 12.2 Å². The van der Waals surface area contributed by atoms with Crippen LogP contribution in [0.3, 0.4) is 0 Å². The molecule has 0 aromatic carbocycles. The SMILES string of the molecule is COC1CC=CC(C(=O)OC2CC3CCC2(CS(=O)(=O)N(C2CCCCC2)C2CCCCC2)C3(C)C)O1. The number of hydrogen-bond acceptors (Lipinski definition) is 6. The Morgan fingerprint density at radius 2 is 1.62 bits per heavy atom. The smallest absolute Gasteiger partial charge is 0.339 e. The van der Waals surface area contributed by atoms with Crippen LogP contribution in [-0.4, -0.2) is 62.1 Å². The number of rotatable bonds is 8. The van der Waals surface area contributed by atoms with Gasteiger partial charge in [0, 0.05) is 31.0 Å². The highest BCUT2D eigenvalue weighted by molar-refractivity contribution is 7.89. The van der Waals surface area contributed by atoms with E-state index in [2.05, 4.69) is 13.8 Å². The second-order valence-corrected chi connectivity index (χ2v) is 14.7. The summed E-state index contributed by atoms with van der Waals surface area (Å²) in [4.78, 5) is 13.2. The van der Waals surface area contributed by atoms with Gasteiger partial charge in [-0.25, -0.2) is 13.2 Å². The van der Waals surface area contributed by atoms with Crippen molar-refractivity contribution >= 4 is 16.0 Å². The maximum absolute atomic E-state index is 14.5. The zero-order valence-corrected chi connectivity index (χ0v) is 23.8. The summed E-state index contributed by atoms with van der Waals surface area (Å²) in [6.45, 7) is 4.41. The number of carbonyl (C=O) groups is 1. The fourth-order valence-electron chi connectivity index (χ4n) is 8.40. The number of sulfonamides is 1. The molecule has 5 rings (SSSR count). The lowest BCUT2D eigenvalue weighted by atomic mass is 9.69. The van der Waals surface area contributed by atoms with Crippen LogP contribution in [0.25, 0.3) is 0 Å². The van der Waals surface area contributed by atoms with Gasteiger partial charge in [0.15, 0.2) is 12.4 Å². The van der Waals surface area contributed by atoms with Gasteiger partial charge in [-0.3, -0.25) is 0 Å². The molecular formula is C29H47NO6S. The van der Waals surface area contributed by atoms with Gasteiger partial charge < -0.3 is 14.2 Å². The van der Waals surface area contributed by atoms with Gasteiger partial charge in [-0.1, -0.05) is 58.4 Å². The maximum atomic E-state index is 14.5. The number of nitrogens with zero attached hydrogens (tertiary/aromatic N) is 1. The Labute approximate surface area is 223 Å². The van der Waals surface area contributed by atoms with E-state index in [9.17, 15) is 13.2 Å². The minimum Gasteiger partial charge on any atom is -0.460 e. The van der Waals surface area contributed by atoms with Crippen LogP contribution in [-0.2, 0) is 29.0 Å². The van der Waals surface area contributed by atoms with Gasteiger partial charge in [-0.2, -0.15) is 4.31 Å². The normalized spacial score (nSPS) is 36.8. The molecule has 7 nitrogen and oxygen atoms in total. The van der Waals surface area contributed by atoms with E-state index in [0.717, 1.165) is 70.6 Å². The first-order valence-electron chi connectivity index (χ1n) is 14.7. The standard InChI is InChI=1S/C29H47NO6S/c1-28(2)21-17-18-29(28,25(19-21)36-27(31)24-15-10-16-26(34-3)35-24)20-37(32,33)30(22-11-6-4-7-12-22)23-13-8-5-9-14-23/h10,15,21-26H,4-9,11-14,16-20H2,1-3H3. The van der Waals surface area contributed by atoms with E-state index in [1.165, 1.54) is 12.8 Å². The molecule has 0 radical (unpaired) electrons. The Bertz CT molecular complexity index is 933. The van der Waals surface area contributed by atoms with E-state index in [0.29, 0.717) is 12.3 Å². The van der Waals surface area contributed by atoms with Gasteiger partial charge in [0.05, 0.1) is 5.75 Å². The van der Waals surface area contributed by atoms with E-state index >= 15 is 0 Å². The van der Waals surface area contributed by atoms with Crippen LogP contribution in [0.5, 0.6) is 0 Å². The number of ether oxygens (including phenoxy) is 3. The summed E-state index contributed by atoms with van der Waals surface area (Å²) in [6.07, 6.45) is 15.8. The minimum absolute atomic E-state index is 0.0799. The third-order valence-corrected chi connectivity index (χ3v) is 12.8. The quantitative estimate of drug-likeness (QED) is 0.307. The molecule has 0 amide bonds. The first kappa shape index (κ1) is 27.6. The number of esters is 1. The second-order valence-electron chi connectivity index (χ2n) is 12.8. The molecule has 2 bridgehead atoms. The van der Waals surface area contributed by atoms with E-state index in [1.807, 2.05) is 10.4 Å². The summed E-state index contributed by atoms with van der Waals surface area (Å²) in [5, 5.41) is 0. The molecular weight excluding hydrogens is 490 g/mol. The van der Waals surface area contributed by atoms with Gasteiger partial charge in [0.2, 0.25) is 10.0 Å². The van der Waals surface area contributed by atoms with Gasteiger partial charge >= 0.3 is 5.97 Å². The van der Waals surface area contributed by atoms with Crippen molar-refractivity contribution in [2.45, 2.75) is 134 Å². The maximum Gasteiger partial charge on any atom is 0.339 e. The summed E-state index contributed by atoms with van der Waals surface area (Å²) in [5.74, 6) is 0.00338. The molecule has 0 N–H and O–H groups in total. The van der Waals surface area contributed by atoms with Crippen LogP contribution in [0, 0.1) is 16.7 Å². The first-order chi connectivity index (χ1) is 17.7. The largest absolute Gasteiger partial charge is 0.460 e. The monoisotopic (exact) mass is 537 g/mol. The van der Waals surface area contributed by atoms with Crippen molar-refractivity contribution in [1.82, 2.24) is 4.31 Å². The summed E-state index contributed by atoms with van der Waals surface area (Å²) >= 11 is 0. The molecule has 1 heterocycles.